The number of hydrazone groups is 1. The van der Waals surface area contributed by atoms with Crippen LogP contribution in [0.4, 0.5) is 0 Å². The van der Waals surface area contributed by atoms with Gasteiger partial charge >= 0.3 is 0 Å². The van der Waals surface area contributed by atoms with Gasteiger partial charge < -0.3 is 14.8 Å². The summed E-state index contributed by atoms with van der Waals surface area (Å²) >= 11 is 18.1. The van der Waals surface area contributed by atoms with Crippen LogP contribution in [0.25, 0.3) is 0 Å². The Morgan fingerprint density at radius 3 is 2.37 bits per heavy atom. The highest BCUT2D eigenvalue weighted by Crippen LogP contribution is 2.34. The molecule has 0 amide bonds. The van der Waals surface area contributed by atoms with Crippen molar-refractivity contribution in [1.82, 2.24) is 10.7 Å². The van der Waals surface area contributed by atoms with Crippen molar-refractivity contribution in [3.8, 4) is 11.5 Å². The molecule has 0 saturated heterocycles. The SMILES string of the molecule is Cc1ccc(C(C)C)c(OCCOc2c(Cl)cc(/C=N\NC(=S)NCc3ccccc3)cc2Cl)c1. The van der Waals surface area contributed by atoms with Gasteiger partial charge in [0.05, 0.1) is 16.3 Å². The average Bonchev–Trinajstić information content (AvgIpc) is 2.82. The van der Waals surface area contributed by atoms with E-state index >= 15 is 0 Å². The predicted molar refractivity (Wildman–Crippen MR) is 149 cm³/mol. The Balaban J connectivity index is 1.49. The van der Waals surface area contributed by atoms with Crippen LogP contribution >= 0.6 is 35.4 Å². The van der Waals surface area contributed by atoms with Gasteiger partial charge in [0.15, 0.2) is 10.9 Å². The first-order chi connectivity index (χ1) is 16.8. The Bertz CT molecular complexity index is 1150. The van der Waals surface area contributed by atoms with Crippen LogP contribution in [-0.4, -0.2) is 24.5 Å². The molecule has 184 valence electrons. The van der Waals surface area contributed by atoms with E-state index in [4.69, 9.17) is 44.9 Å². The zero-order chi connectivity index (χ0) is 25.2. The summed E-state index contributed by atoms with van der Waals surface area (Å²) in [5, 5.41) is 8.44. The molecule has 0 heterocycles. The third-order valence-electron chi connectivity index (χ3n) is 5.07. The van der Waals surface area contributed by atoms with Crippen molar-refractivity contribution in [2.75, 3.05) is 13.2 Å². The van der Waals surface area contributed by atoms with Crippen LogP contribution in [0.15, 0.2) is 65.8 Å². The van der Waals surface area contributed by atoms with Gasteiger partial charge in [-0.05, 0) is 65.5 Å². The number of halogens is 2. The predicted octanol–water partition coefficient (Wildman–Crippen LogP) is 6.88. The Hall–Kier alpha value is -2.80. The molecule has 3 aromatic carbocycles. The van der Waals surface area contributed by atoms with Gasteiger partial charge in [0, 0.05) is 6.54 Å². The minimum Gasteiger partial charge on any atom is -0.490 e. The smallest absolute Gasteiger partial charge is 0.187 e. The van der Waals surface area contributed by atoms with E-state index in [-0.39, 0.29) is 0 Å². The third kappa shape index (κ3) is 8.42. The lowest BCUT2D eigenvalue weighted by atomic mass is 10.0. The summed E-state index contributed by atoms with van der Waals surface area (Å²) < 4.78 is 11.8. The molecule has 0 radical (unpaired) electrons. The summed E-state index contributed by atoms with van der Waals surface area (Å²) in [6, 6.07) is 19.7. The van der Waals surface area contributed by atoms with Gasteiger partial charge in [-0.15, -0.1) is 0 Å². The average molecular weight is 531 g/mol. The van der Waals surface area contributed by atoms with Crippen molar-refractivity contribution >= 4 is 46.7 Å². The van der Waals surface area contributed by atoms with E-state index in [1.165, 1.54) is 5.56 Å². The number of nitrogens with zero attached hydrogens (tertiary/aromatic N) is 1. The first-order valence-corrected chi connectivity index (χ1v) is 12.5. The van der Waals surface area contributed by atoms with Gasteiger partial charge in [0.2, 0.25) is 0 Å². The number of hydrogen-bond acceptors (Lipinski definition) is 4. The van der Waals surface area contributed by atoms with Crippen LogP contribution in [-0.2, 0) is 6.54 Å². The number of benzene rings is 3. The maximum absolute atomic E-state index is 6.41. The third-order valence-corrected chi connectivity index (χ3v) is 5.87. The number of ether oxygens (including phenoxy) is 2. The lowest BCUT2D eigenvalue weighted by Gasteiger charge is -2.16. The molecule has 2 N–H and O–H groups in total. The van der Waals surface area contributed by atoms with Crippen LogP contribution in [0.3, 0.4) is 0 Å². The quantitative estimate of drug-likeness (QED) is 0.130. The Morgan fingerprint density at radius 2 is 1.69 bits per heavy atom. The van der Waals surface area contributed by atoms with Crippen molar-refractivity contribution in [3.05, 3.63) is 93.0 Å². The van der Waals surface area contributed by atoms with Gasteiger partial charge in [0.1, 0.15) is 19.0 Å². The number of nitrogens with one attached hydrogen (secondary N) is 2. The van der Waals surface area contributed by atoms with E-state index in [0.717, 1.165) is 16.9 Å². The summed E-state index contributed by atoms with van der Waals surface area (Å²) in [5.74, 6) is 1.65. The monoisotopic (exact) mass is 529 g/mol. The van der Waals surface area contributed by atoms with Crippen LogP contribution in [0, 0.1) is 6.92 Å². The molecule has 0 aromatic heterocycles. The maximum atomic E-state index is 6.41. The van der Waals surface area contributed by atoms with E-state index in [2.05, 4.69) is 41.8 Å². The van der Waals surface area contributed by atoms with Crippen LogP contribution in [0.5, 0.6) is 11.5 Å². The molecule has 0 atom stereocenters. The summed E-state index contributed by atoms with van der Waals surface area (Å²) in [6.45, 7) is 7.61. The summed E-state index contributed by atoms with van der Waals surface area (Å²) in [5.41, 5.74) is 6.93. The highest BCUT2D eigenvalue weighted by Gasteiger charge is 2.11. The lowest BCUT2D eigenvalue weighted by Crippen LogP contribution is -2.31. The fraction of sp³-hybridized carbons (Fsp3) is 0.259. The van der Waals surface area contributed by atoms with E-state index < -0.39 is 0 Å². The van der Waals surface area contributed by atoms with Crippen LogP contribution in [0.2, 0.25) is 10.0 Å². The molecule has 35 heavy (non-hydrogen) atoms. The molecule has 0 fully saturated rings. The molecule has 3 aromatic rings. The summed E-state index contributed by atoms with van der Waals surface area (Å²) in [6.07, 6.45) is 1.59. The highest BCUT2D eigenvalue weighted by atomic mass is 35.5. The normalized spacial score (nSPS) is 11.0. The molecule has 0 unspecified atom stereocenters. The van der Waals surface area contributed by atoms with E-state index in [9.17, 15) is 0 Å². The standard InChI is InChI=1S/C27H29Cl2N3O2S/c1-18(2)22-10-9-19(3)13-25(22)33-11-12-34-26-23(28)14-21(15-24(26)29)17-31-32-27(35)30-16-20-7-5-4-6-8-20/h4-10,13-15,17-18H,11-12,16H2,1-3H3,(H2,30,32,35)/b31-17-. The minimum absolute atomic E-state index is 0.307. The molecule has 0 aliphatic rings. The second-order valence-corrected chi connectivity index (χ2v) is 9.47. The van der Waals surface area contributed by atoms with Crippen molar-refractivity contribution in [3.63, 3.8) is 0 Å². The molecule has 5 nitrogen and oxygen atoms in total. The molecule has 0 saturated carbocycles. The molecule has 0 bridgehead atoms. The Labute approximate surface area is 222 Å². The first kappa shape index (κ1) is 26.8. The molecule has 0 spiro atoms. The van der Waals surface area contributed by atoms with Gasteiger partial charge in [-0.3, -0.25) is 5.43 Å². The lowest BCUT2D eigenvalue weighted by molar-refractivity contribution is 0.215. The molecule has 0 aliphatic carbocycles. The molecular weight excluding hydrogens is 501 g/mol. The van der Waals surface area contributed by atoms with E-state index in [1.807, 2.05) is 43.3 Å². The zero-order valence-corrected chi connectivity index (χ0v) is 22.3. The Morgan fingerprint density at radius 1 is 1.00 bits per heavy atom. The van der Waals surface area contributed by atoms with E-state index in [0.29, 0.717) is 52.1 Å². The first-order valence-electron chi connectivity index (χ1n) is 11.3. The molecule has 3 rings (SSSR count). The van der Waals surface area contributed by atoms with Gasteiger partial charge in [0.25, 0.3) is 0 Å². The van der Waals surface area contributed by atoms with Crippen molar-refractivity contribution in [2.24, 2.45) is 5.10 Å². The molecule has 8 heteroatoms. The number of rotatable bonds is 10. The highest BCUT2D eigenvalue weighted by molar-refractivity contribution is 7.80. The van der Waals surface area contributed by atoms with Crippen molar-refractivity contribution in [2.45, 2.75) is 33.2 Å². The van der Waals surface area contributed by atoms with E-state index in [1.54, 1.807) is 18.3 Å². The minimum atomic E-state index is 0.307. The van der Waals surface area contributed by atoms with Crippen LogP contribution in [0.1, 0.15) is 42.0 Å². The second kappa shape index (κ2) is 13.3. The van der Waals surface area contributed by atoms with Crippen LogP contribution < -0.4 is 20.2 Å². The molecule has 0 aliphatic heterocycles. The van der Waals surface area contributed by atoms with Crippen molar-refractivity contribution < 1.29 is 9.47 Å². The zero-order valence-electron chi connectivity index (χ0n) is 20.0. The van der Waals surface area contributed by atoms with Gasteiger partial charge in [-0.2, -0.15) is 5.10 Å². The van der Waals surface area contributed by atoms with Crippen molar-refractivity contribution in [1.29, 1.82) is 0 Å². The number of hydrogen-bond donors (Lipinski definition) is 2. The topological polar surface area (TPSA) is 54.9 Å². The van der Waals surface area contributed by atoms with Gasteiger partial charge in [-0.25, -0.2) is 0 Å². The Kier molecular flexibility index (Phi) is 10.2. The number of aryl methyl sites for hydroxylation is 1. The maximum Gasteiger partial charge on any atom is 0.187 e. The summed E-state index contributed by atoms with van der Waals surface area (Å²) in [7, 11) is 0. The van der Waals surface area contributed by atoms with Gasteiger partial charge in [-0.1, -0.05) is 79.5 Å². The largest absolute Gasteiger partial charge is 0.490 e. The summed E-state index contributed by atoms with van der Waals surface area (Å²) in [4.78, 5) is 0. The molecular formula is C27H29Cl2N3O2S. The fourth-order valence-corrected chi connectivity index (χ4v) is 4.05. The fourth-order valence-electron chi connectivity index (χ4n) is 3.31. The second-order valence-electron chi connectivity index (χ2n) is 8.24. The number of thiocarbonyl (C=S) groups is 1.